The van der Waals surface area contributed by atoms with E-state index in [0.717, 1.165) is 12.3 Å². The van der Waals surface area contributed by atoms with Crippen LogP contribution in [0.2, 0.25) is 0 Å². The summed E-state index contributed by atoms with van der Waals surface area (Å²) < 4.78 is 24.8. The third-order valence-electron chi connectivity index (χ3n) is 1.69. The average molecular weight is 193 g/mol. The summed E-state index contributed by atoms with van der Waals surface area (Å²) in [7, 11) is 0. The molecule has 0 saturated carbocycles. The highest BCUT2D eigenvalue weighted by Crippen LogP contribution is 2.24. The van der Waals surface area contributed by atoms with E-state index in [1.54, 1.807) is 12.1 Å². The third-order valence-corrected chi connectivity index (χ3v) is 1.69. The van der Waals surface area contributed by atoms with Gasteiger partial charge in [-0.3, -0.25) is 0 Å². The predicted octanol–water partition coefficient (Wildman–Crippen LogP) is 1.96. The second kappa shape index (κ2) is 4.29. The Hall–Kier alpha value is -2.01. The number of alkyl halides is 2. The van der Waals surface area contributed by atoms with Gasteiger partial charge in [0.15, 0.2) is 0 Å². The van der Waals surface area contributed by atoms with E-state index < -0.39 is 6.43 Å². The summed E-state index contributed by atoms with van der Waals surface area (Å²) in [5.74, 6) is 0. The summed E-state index contributed by atoms with van der Waals surface area (Å²) in [5.41, 5.74) is -0.380. The first-order chi connectivity index (χ1) is 6.70. The number of halogens is 2. The number of rotatable bonds is 2. The highest BCUT2D eigenvalue weighted by atomic mass is 19.3. The molecule has 0 atom stereocenters. The quantitative estimate of drug-likeness (QED) is 0.721. The molecule has 0 aliphatic carbocycles. The number of pyridine rings is 1. The molecular formula is C9H5F2N3. The number of nitriles is 2. The first kappa shape index (κ1) is 10.1. The molecule has 1 rings (SSSR count). The Morgan fingerprint density at radius 2 is 2.14 bits per heavy atom. The Morgan fingerprint density at radius 1 is 1.43 bits per heavy atom. The van der Waals surface area contributed by atoms with Gasteiger partial charge in [0.25, 0.3) is 6.43 Å². The van der Waals surface area contributed by atoms with Crippen molar-refractivity contribution in [2.45, 2.75) is 12.8 Å². The van der Waals surface area contributed by atoms with E-state index in [1.807, 2.05) is 0 Å². The van der Waals surface area contributed by atoms with Gasteiger partial charge in [0.2, 0.25) is 0 Å². The van der Waals surface area contributed by atoms with Crippen molar-refractivity contribution >= 4 is 0 Å². The van der Waals surface area contributed by atoms with Crippen molar-refractivity contribution in [2.24, 2.45) is 0 Å². The van der Waals surface area contributed by atoms with E-state index in [4.69, 9.17) is 10.5 Å². The molecular weight excluding hydrogens is 188 g/mol. The molecule has 0 aliphatic heterocycles. The smallest absolute Gasteiger partial charge is 0.245 e. The van der Waals surface area contributed by atoms with Crippen LogP contribution in [-0.4, -0.2) is 4.98 Å². The fourth-order valence-corrected chi connectivity index (χ4v) is 1.07. The Morgan fingerprint density at radius 3 is 2.64 bits per heavy atom. The molecule has 0 aliphatic rings. The molecule has 0 amide bonds. The van der Waals surface area contributed by atoms with Gasteiger partial charge in [0.1, 0.15) is 11.8 Å². The normalized spacial score (nSPS) is 9.50. The van der Waals surface area contributed by atoms with Crippen molar-refractivity contribution in [3.8, 4) is 12.1 Å². The van der Waals surface area contributed by atoms with Gasteiger partial charge in [0, 0.05) is 17.3 Å². The highest BCUT2D eigenvalue weighted by molar-refractivity contribution is 5.39. The van der Waals surface area contributed by atoms with E-state index in [2.05, 4.69) is 4.98 Å². The van der Waals surface area contributed by atoms with Crippen LogP contribution in [0.4, 0.5) is 8.78 Å². The van der Waals surface area contributed by atoms with Gasteiger partial charge >= 0.3 is 0 Å². The predicted molar refractivity (Wildman–Crippen MR) is 43.2 cm³/mol. The SMILES string of the molecule is N#CCc1c(C(F)F)ccnc1C#N. The Balaban J connectivity index is 3.31. The van der Waals surface area contributed by atoms with Crippen LogP contribution in [0.5, 0.6) is 0 Å². The van der Waals surface area contributed by atoms with Gasteiger partial charge < -0.3 is 0 Å². The molecule has 0 aromatic carbocycles. The lowest BCUT2D eigenvalue weighted by Gasteiger charge is -2.05. The number of hydrogen-bond acceptors (Lipinski definition) is 3. The topological polar surface area (TPSA) is 60.5 Å². The average Bonchev–Trinajstić information content (AvgIpc) is 2.18. The van der Waals surface area contributed by atoms with Gasteiger partial charge in [-0.2, -0.15) is 10.5 Å². The Bertz CT molecular complexity index is 415. The molecule has 5 heteroatoms. The van der Waals surface area contributed by atoms with E-state index in [1.165, 1.54) is 0 Å². The molecule has 0 fully saturated rings. The van der Waals surface area contributed by atoms with E-state index in [9.17, 15) is 8.78 Å². The van der Waals surface area contributed by atoms with Crippen molar-refractivity contribution in [3.05, 3.63) is 29.1 Å². The highest BCUT2D eigenvalue weighted by Gasteiger charge is 2.16. The van der Waals surface area contributed by atoms with E-state index in [-0.39, 0.29) is 23.2 Å². The molecule has 0 N–H and O–H groups in total. The number of hydrogen-bond donors (Lipinski definition) is 0. The van der Waals surface area contributed by atoms with Gasteiger partial charge in [-0.05, 0) is 6.07 Å². The molecule has 70 valence electrons. The minimum Gasteiger partial charge on any atom is -0.245 e. The number of aromatic nitrogens is 1. The summed E-state index contributed by atoms with van der Waals surface area (Å²) >= 11 is 0. The fraction of sp³-hybridized carbons (Fsp3) is 0.222. The minimum absolute atomic E-state index is 0.0208. The first-order valence-corrected chi connectivity index (χ1v) is 3.73. The standard InChI is InChI=1S/C9H5F2N3/c10-9(11)7-2-4-14-8(5-13)6(7)1-3-12/h2,4,9H,1H2. The summed E-state index contributed by atoms with van der Waals surface area (Å²) in [6.07, 6.45) is -1.77. The molecule has 0 spiro atoms. The lowest BCUT2D eigenvalue weighted by Crippen LogP contribution is -1.99. The van der Waals surface area contributed by atoms with Gasteiger partial charge in [-0.1, -0.05) is 0 Å². The lowest BCUT2D eigenvalue weighted by molar-refractivity contribution is 0.150. The van der Waals surface area contributed by atoms with Crippen LogP contribution in [-0.2, 0) is 6.42 Å². The lowest BCUT2D eigenvalue weighted by atomic mass is 10.0. The van der Waals surface area contributed by atoms with Crippen molar-refractivity contribution in [1.29, 1.82) is 10.5 Å². The van der Waals surface area contributed by atoms with Gasteiger partial charge in [0.05, 0.1) is 12.5 Å². The molecule has 0 saturated heterocycles. The zero-order valence-electron chi connectivity index (χ0n) is 7.04. The molecule has 1 heterocycles. The number of nitrogens with zero attached hydrogens (tertiary/aromatic N) is 3. The molecule has 14 heavy (non-hydrogen) atoms. The second-order valence-electron chi connectivity index (χ2n) is 2.47. The minimum atomic E-state index is -2.69. The molecule has 0 bridgehead atoms. The first-order valence-electron chi connectivity index (χ1n) is 3.73. The third kappa shape index (κ3) is 1.83. The van der Waals surface area contributed by atoms with E-state index in [0.29, 0.717) is 0 Å². The fourth-order valence-electron chi connectivity index (χ4n) is 1.07. The largest absolute Gasteiger partial charge is 0.264 e. The monoisotopic (exact) mass is 193 g/mol. The molecule has 3 nitrogen and oxygen atoms in total. The summed E-state index contributed by atoms with van der Waals surface area (Å²) in [6, 6.07) is 4.53. The van der Waals surface area contributed by atoms with Crippen molar-refractivity contribution in [1.82, 2.24) is 4.98 Å². The van der Waals surface area contributed by atoms with Crippen molar-refractivity contribution in [3.63, 3.8) is 0 Å². The van der Waals surface area contributed by atoms with Crippen LogP contribution in [0.25, 0.3) is 0 Å². The zero-order valence-corrected chi connectivity index (χ0v) is 7.04. The van der Waals surface area contributed by atoms with Crippen LogP contribution in [0.1, 0.15) is 23.2 Å². The summed E-state index contributed by atoms with van der Waals surface area (Å²) in [5, 5.41) is 17.0. The Labute approximate surface area is 79.2 Å². The van der Waals surface area contributed by atoms with Crippen LogP contribution in [0, 0.1) is 22.7 Å². The Kier molecular flexibility index (Phi) is 3.09. The second-order valence-corrected chi connectivity index (χ2v) is 2.47. The van der Waals surface area contributed by atoms with Crippen LogP contribution in [0.3, 0.4) is 0 Å². The summed E-state index contributed by atoms with van der Waals surface area (Å²) in [6.45, 7) is 0. The maximum absolute atomic E-state index is 12.4. The maximum atomic E-state index is 12.4. The maximum Gasteiger partial charge on any atom is 0.264 e. The van der Waals surface area contributed by atoms with Gasteiger partial charge in [-0.25, -0.2) is 13.8 Å². The van der Waals surface area contributed by atoms with Crippen LogP contribution in [0.15, 0.2) is 12.3 Å². The van der Waals surface area contributed by atoms with E-state index >= 15 is 0 Å². The molecule has 1 aromatic rings. The molecule has 0 radical (unpaired) electrons. The van der Waals surface area contributed by atoms with Crippen LogP contribution < -0.4 is 0 Å². The van der Waals surface area contributed by atoms with Crippen LogP contribution >= 0.6 is 0 Å². The van der Waals surface area contributed by atoms with Crippen molar-refractivity contribution in [2.75, 3.05) is 0 Å². The molecule has 1 aromatic heterocycles. The zero-order chi connectivity index (χ0) is 10.6. The van der Waals surface area contributed by atoms with Crippen molar-refractivity contribution < 1.29 is 8.78 Å². The molecule has 0 unspecified atom stereocenters. The van der Waals surface area contributed by atoms with Gasteiger partial charge in [-0.15, -0.1) is 0 Å². The summed E-state index contributed by atoms with van der Waals surface area (Å²) in [4.78, 5) is 3.61.